The molecule has 0 spiro atoms. The monoisotopic (exact) mass is 426 g/mol. The van der Waals surface area contributed by atoms with Crippen LogP contribution in [0.5, 0.6) is 5.75 Å². The molecule has 1 unspecified atom stereocenters. The van der Waals surface area contributed by atoms with Crippen LogP contribution in [0.4, 0.5) is 10.1 Å². The number of anilines is 1. The third-order valence-electron chi connectivity index (χ3n) is 4.64. The van der Waals surface area contributed by atoms with Crippen LogP contribution in [0.25, 0.3) is 0 Å². The van der Waals surface area contributed by atoms with Gasteiger partial charge in [0.1, 0.15) is 11.6 Å². The molecule has 0 aliphatic carbocycles. The van der Waals surface area contributed by atoms with Gasteiger partial charge in [-0.2, -0.15) is 4.31 Å². The predicted octanol–water partition coefficient (Wildman–Crippen LogP) is 3.53. The first-order valence-electron chi connectivity index (χ1n) is 8.71. The van der Waals surface area contributed by atoms with Crippen LogP contribution < -0.4 is 10.1 Å². The second-order valence-electron chi connectivity index (χ2n) is 6.49. The minimum Gasteiger partial charge on any atom is -0.497 e. The molecule has 0 saturated carbocycles. The van der Waals surface area contributed by atoms with Crippen LogP contribution in [0.3, 0.4) is 0 Å². The zero-order chi connectivity index (χ0) is 20.3. The minimum absolute atomic E-state index is 0.0685. The topological polar surface area (TPSA) is 75.7 Å². The van der Waals surface area contributed by atoms with E-state index < -0.39 is 21.8 Å². The summed E-state index contributed by atoms with van der Waals surface area (Å²) >= 11 is 5.95. The number of methoxy groups -OCH3 is 1. The standard InChI is InChI=1S/C19H20ClFN2O4S/c1-27-15-5-7-16(8-6-15)28(25,26)23-10-2-3-13(12-23)19(24)22-18-9-4-14(21)11-17(18)20/h4-9,11,13H,2-3,10,12H2,1H3,(H,22,24). The summed E-state index contributed by atoms with van der Waals surface area (Å²) in [5.41, 5.74) is 0.295. The molecular formula is C19H20ClFN2O4S. The van der Waals surface area contributed by atoms with E-state index in [1.165, 1.54) is 35.7 Å². The molecule has 6 nitrogen and oxygen atoms in total. The lowest BCUT2D eigenvalue weighted by Crippen LogP contribution is -2.43. The van der Waals surface area contributed by atoms with Gasteiger partial charge in [0.15, 0.2) is 0 Å². The van der Waals surface area contributed by atoms with Gasteiger partial charge in [-0.05, 0) is 55.3 Å². The van der Waals surface area contributed by atoms with E-state index in [4.69, 9.17) is 16.3 Å². The average molecular weight is 427 g/mol. The number of piperidine rings is 1. The number of hydrogen-bond donors (Lipinski definition) is 1. The molecule has 1 aliphatic rings. The number of amides is 1. The van der Waals surface area contributed by atoms with E-state index in [9.17, 15) is 17.6 Å². The van der Waals surface area contributed by atoms with Gasteiger partial charge in [-0.3, -0.25) is 4.79 Å². The highest BCUT2D eigenvalue weighted by molar-refractivity contribution is 7.89. The maximum Gasteiger partial charge on any atom is 0.243 e. The summed E-state index contributed by atoms with van der Waals surface area (Å²) in [5, 5.41) is 2.75. The van der Waals surface area contributed by atoms with Gasteiger partial charge in [0.25, 0.3) is 0 Å². The van der Waals surface area contributed by atoms with Crippen molar-refractivity contribution in [1.29, 1.82) is 0 Å². The predicted molar refractivity (Wildman–Crippen MR) is 105 cm³/mol. The second kappa shape index (κ2) is 8.46. The van der Waals surface area contributed by atoms with Crippen LogP contribution in [-0.2, 0) is 14.8 Å². The number of rotatable bonds is 5. The van der Waals surface area contributed by atoms with Crippen LogP contribution in [0.2, 0.25) is 5.02 Å². The molecule has 2 aromatic rings. The Morgan fingerprint density at radius 2 is 1.96 bits per heavy atom. The Balaban J connectivity index is 1.72. The SMILES string of the molecule is COc1ccc(S(=O)(=O)N2CCCC(C(=O)Nc3ccc(F)cc3Cl)C2)cc1. The molecule has 9 heteroatoms. The van der Waals surface area contributed by atoms with Crippen molar-refractivity contribution >= 4 is 33.2 Å². The van der Waals surface area contributed by atoms with Crippen LogP contribution in [0.1, 0.15) is 12.8 Å². The van der Waals surface area contributed by atoms with Crippen molar-refractivity contribution in [3.63, 3.8) is 0 Å². The molecule has 1 heterocycles. The van der Waals surface area contributed by atoms with Crippen LogP contribution in [0.15, 0.2) is 47.4 Å². The lowest BCUT2D eigenvalue weighted by molar-refractivity contribution is -0.120. The van der Waals surface area contributed by atoms with Crippen LogP contribution >= 0.6 is 11.6 Å². The average Bonchev–Trinajstić information content (AvgIpc) is 2.70. The number of ether oxygens (including phenoxy) is 1. The summed E-state index contributed by atoms with van der Waals surface area (Å²) in [5.74, 6) is -0.811. The van der Waals surface area contributed by atoms with Crippen molar-refractivity contribution in [2.45, 2.75) is 17.7 Å². The maximum atomic E-state index is 13.2. The van der Waals surface area contributed by atoms with E-state index in [0.717, 1.165) is 6.07 Å². The Bertz CT molecular complexity index is 966. The molecule has 0 bridgehead atoms. The molecule has 0 aromatic heterocycles. The first-order chi connectivity index (χ1) is 13.3. The van der Waals surface area contributed by atoms with Crippen molar-refractivity contribution in [1.82, 2.24) is 4.31 Å². The normalized spacial score (nSPS) is 17.9. The molecule has 28 heavy (non-hydrogen) atoms. The van der Waals surface area contributed by atoms with E-state index >= 15 is 0 Å². The molecule has 150 valence electrons. The Morgan fingerprint density at radius 1 is 1.25 bits per heavy atom. The van der Waals surface area contributed by atoms with E-state index in [2.05, 4.69) is 5.32 Å². The zero-order valence-corrected chi connectivity index (χ0v) is 16.8. The highest BCUT2D eigenvalue weighted by atomic mass is 35.5. The Kier molecular flexibility index (Phi) is 6.22. The Hall–Kier alpha value is -2.16. The quantitative estimate of drug-likeness (QED) is 0.793. The molecule has 1 atom stereocenters. The molecule has 1 saturated heterocycles. The highest BCUT2D eigenvalue weighted by Gasteiger charge is 2.33. The first-order valence-corrected chi connectivity index (χ1v) is 10.5. The number of nitrogens with one attached hydrogen (secondary N) is 1. The number of halogens is 2. The van der Waals surface area contributed by atoms with Crippen molar-refractivity contribution in [2.24, 2.45) is 5.92 Å². The molecule has 0 radical (unpaired) electrons. The molecule has 1 aliphatic heterocycles. The van der Waals surface area contributed by atoms with E-state index in [1.54, 1.807) is 12.1 Å². The van der Waals surface area contributed by atoms with Gasteiger partial charge in [0.2, 0.25) is 15.9 Å². The van der Waals surface area contributed by atoms with Crippen LogP contribution in [-0.4, -0.2) is 38.8 Å². The van der Waals surface area contributed by atoms with Gasteiger partial charge < -0.3 is 10.1 Å². The van der Waals surface area contributed by atoms with Crippen molar-refractivity contribution < 1.29 is 22.3 Å². The molecule has 3 rings (SSSR count). The van der Waals surface area contributed by atoms with E-state index in [-0.39, 0.29) is 22.4 Å². The minimum atomic E-state index is -3.72. The smallest absolute Gasteiger partial charge is 0.243 e. The van der Waals surface area contributed by atoms with Crippen molar-refractivity contribution in [2.75, 3.05) is 25.5 Å². The summed E-state index contributed by atoms with van der Waals surface area (Å²) in [6.45, 7) is 0.411. The fourth-order valence-corrected chi connectivity index (χ4v) is 4.84. The number of carbonyl (C=O) groups is 1. The summed E-state index contributed by atoms with van der Waals surface area (Å²) in [7, 11) is -2.21. The molecule has 1 fully saturated rings. The lowest BCUT2D eigenvalue weighted by atomic mass is 9.98. The van der Waals surface area contributed by atoms with Crippen molar-refractivity contribution in [3.8, 4) is 5.75 Å². The van der Waals surface area contributed by atoms with Gasteiger partial charge in [-0.25, -0.2) is 12.8 Å². The van der Waals surface area contributed by atoms with Crippen molar-refractivity contribution in [3.05, 3.63) is 53.3 Å². The third-order valence-corrected chi connectivity index (χ3v) is 6.83. The Morgan fingerprint density at radius 3 is 2.61 bits per heavy atom. The lowest BCUT2D eigenvalue weighted by Gasteiger charge is -2.31. The molecule has 2 aromatic carbocycles. The molecular weight excluding hydrogens is 407 g/mol. The summed E-state index contributed by atoms with van der Waals surface area (Å²) < 4.78 is 45.3. The molecule has 1 N–H and O–H groups in total. The maximum absolute atomic E-state index is 13.2. The van der Waals surface area contributed by atoms with E-state index in [0.29, 0.717) is 30.8 Å². The zero-order valence-electron chi connectivity index (χ0n) is 15.2. The Labute approximate surface area is 168 Å². The number of benzene rings is 2. The first kappa shape index (κ1) is 20.6. The van der Waals surface area contributed by atoms with E-state index in [1.807, 2.05) is 0 Å². The van der Waals surface area contributed by atoms with Gasteiger partial charge in [-0.15, -0.1) is 0 Å². The van der Waals surface area contributed by atoms with Gasteiger partial charge >= 0.3 is 0 Å². The number of hydrogen-bond acceptors (Lipinski definition) is 4. The number of sulfonamides is 1. The van der Waals surface area contributed by atoms with Gasteiger partial charge in [0, 0.05) is 13.1 Å². The second-order valence-corrected chi connectivity index (χ2v) is 8.84. The van der Waals surface area contributed by atoms with Crippen LogP contribution in [0, 0.1) is 11.7 Å². The summed E-state index contributed by atoms with van der Waals surface area (Å²) in [4.78, 5) is 12.7. The molecule has 1 amide bonds. The summed E-state index contributed by atoms with van der Waals surface area (Å²) in [6, 6.07) is 9.81. The fraction of sp³-hybridized carbons (Fsp3) is 0.316. The number of carbonyl (C=O) groups excluding carboxylic acids is 1. The number of nitrogens with zero attached hydrogens (tertiary/aromatic N) is 1. The van der Waals surface area contributed by atoms with Gasteiger partial charge in [0.05, 0.1) is 28.6 Å². The largest absolute Gasteiger partial charge is 0.497 e. The summed E-state index contributed by atoms with van der Waals surface area (Å²) in [6.07, 6.45) is 1.11. The highest BCUT2D eigenvalue weighted by Crippen LogP contribution is 2.27. The third kappa shape index (κ3) is 4.45. The fourth-order valence-electron chi connectivity index (χ4n) is 3.10. The van der Waals surface area contributed by atoms with Gasteiger partial charge in [-0.1, -0.05) is 11.6 Å².